The van der Waals surface area contributed by atoms with E-state index in [1.807, 2.05) is 98.0 Å². The summed E-state index contributed by atoms with van der Waals surface area (Å²) in [6.07, 6.45) is -4.15. The Morgan fingerprint density at radius 1 is 0.700 bits per heavy atom. The summed E-state index contributed by atoms with van der Waals surface area (Å²) in [5.41, 5.74) is 2.61. The average molecular weight is 547 g/mol. The average Bonchev–Trinajstić information content (AvgIpc) is 2.99. The van der Waals surface area contributed by atoms with Crippen molar-refractivity contribution in [2.75, 3.05) is 39.8 Å². The quantitative estimate of drug-likeness (QED) is 0.333. The van der Waals surface area contributed by atoms with Crippen LogP contribution in [-0.2, 0) is 43.6 Å². The second kappa shape index (κ2) is 15.4. The highest BCUT2D eigenvalue weighted by Gasteiger charge is 2.40. The molecule has 0 spiro atoms. The lowest BCUT2D eigenvalue weighted by Gasteiger charge is -2.36. The normalized spacial score (nSPS) is 16.3. The van der Waals surface area contributed by atoms with E-state index in [1.165, 1.54) is 0 Å². The van der Waals surface area contributed by atoms with Crippen LogP contribution in [0.25, 0.3) is 0 Å². The molecular weight excluding hydrogens is 508 g/mol. The van der Waals surface area contributed by atoms with Crippen LogP contribution in [0.1, 0.15) is 16.7 Å². The summed E-state index contributed by atoms with van der Waals surface area (Å²) in [6, 6.07) is 28.3. The molecule has 1 aliphatic rings. The maximum absolute atomic E-state index is 13.7. The molecule has 0 aliphatic carbocycles. The van der Waals surface area contributed by atoms with Crippen LogP contribution in [0.3, 0.4) is 0 Å². The highest BCUT2D eigenvalue weighted by Crippen LogP contribution is 2.18. The monoisotopic (exact) mass is 546 g/mol. The van der Waals surface area contributed by atoms with Gasteiger partial charge in [0.25, 0.3) is 5.91 Å². The van der Waals surface area contributed by atoms with Crippen molar-refractivity contribution >= 4 is 11.7 Å². The molecule has 3 aromatic carbocycles. The predicted molar refractivity (Wildman–Crippen MR) is 151 cm³/mol. The van der Waals surface area contributed by atoms with Gasteiger partial charge in [0.15, 0.2) is 11.9 Å². The number of rotatable bonds is 14. The third-order valence-corrected chi connectivity index (χ3v) is 6.90. The van der Waals surface area contributed by atoms with Gasteiger partial charge in [0.05, 0.1) is 19.8 Å². The molecule has 0 saturated carbocycles. The van der Waals surface area contributed by atoms with Gasteiger partial charge in [0.1, 0.15) is 18.8 Å². The van der Waals surface area contributed by atoms with Gasteiger partial charge in [0.2, 0.25) is 0 Å². The summed E-state index contributed by atoms with van der Waals surface area (Å²) >= 11 is 0. The first-order chi connectivity index (χ1) is 19.5. The van der Waals surface area contributed by atoms with Gasteiger partial charge >= 0.3 is 0 Å². The number of amides is 1. The molecule has 3 atom stereocenters. The molecule has 4 rings (SSSR count). The maximum Gasteiger partial charge on any atom is 0.254 e. The topological polar surface area (TPSA) is 88.5 Å². The van der Waals surface area contributed by atoms with Crippen LogP contribution in [0.5, 0.6) is 0 Å². The van der Waals surface area contributed by atoms with E-state index in [9.17, 15) is 14.7 Å². The van der Waals surface area contributed by atoms with Crippen LogP contribution in [0.15, 0.2) is 91.0 Å². The van der Waals surface area contributed by atoms with Gasteiger partial charge in [-0.15, -0.1) is 0 Å². The van der Waals surface area contributed by atoms with Crippen molar-refractivity contribution in [3.63, 3.8) is 0 Å². The minimum absolute atomic E-state index is 0.0844. The summed E-state index contributed by atoms with van der Waals surface area (Å²) in [5, 5.41) is 11.6. The molecule has 0 aromatic heterocycles. The summed E-state index contributed by atoms with van der Waals surface area (Å²) in [6.45, 7) is 2.60. The summed E-state index contributed by atoms with van der Waals surface area (Å²) in [4.78, 5) is 30.9. The van der Waals surface area contributed by atoms with E-state index >= 15 is 0 Å². The number of nitrogens with zero attached hydrogens (tertiary/aromatic N) is 2. The van der Waals surface area contributed by atoms with Crippen molar-refractivity contribution in [2.24, 2.45) is 0 Å². The molecule has 40 heavy (non-hydrogen) atoms. The molecule has 0 bridgehead atoms. The van der Waals surface area contributed by atoms with E-state index in [0.29, 0.717) is 26.2 Å². The Hall–Kier alpha value is -3.40. The summed E-state index contributed by atoms with van der Waals surface area (Å²) in [5.74, 6) is -0.818. The number of ether oxygens (including phenoxy) is 3. The van der Waals surface area contributed by atoms with E-state index in [0.717, 1.165) is 16.7 Å². The van der Waals surface area contributed by atoms with E-state index in [-0.39, 0.29) is 32.3 Å². The highest BCUT2D eigenvalue weighted by atomic mass is 16.5. The van der Waals surface area contributed by atoms with Crippen molar-refractivity contribution in [3.8, 4) is 0 Å². The molecule has 1 N–H and O–H groups in total. The van der Waals surface area contributed by atoms with Crippen LogP contribution < -0.4 is 0 Å². The van der Waals surface area contributed by atoms with Gasteiger partial charge < -0.3 is 29.1 Å². The van der Waals surface area contributed by atoms with Crippen LogP contribution >= 0.6 is 0 Å². The van der Waals surface area contributed by atoms with Crippen LogP contribution in [0.2, 0.25) is 0 Å². The Labute approximate surface area is 236 Å². The zero-order valence-electron chi connectivity index (χ0n) is 22.9. The SMILES string of the molecule is CN1CCN(C(=O)[C@H](OCc2ccccc2)[C@@H](O)[C@H](OCc2ccccc2)C(=O)COCc2ccccc2)CC1. The summed E-state index contributed by atoms with van der Waals surface area (Å²) < 4.78 is 17.7. The molecule has 1 saturated heterocycles. The number of carbonyl (C=O) groups is 2. The molecule has 0 unspecified atom stereocenters. The number of aliphatic hydroxyl groups is 1. The van der Waals surface area contributed by atoms with Gasteiger partial charge in [-0.05, 0) is 23.7 Å². The Morgan fingerprint density at radius 2 is 1.15 bits per heavy atom. The first-order valence-electron chi connectivity index (χ1n) is 13.6. The second-order valence-electron chi connectivity index (χ2n) is 10.00. The molecule has 1 amide bonds. The molecule has 1 fully saturated rings. The Balaban J connectivity index is 1.51. The molecule has 1 heterocycles. The number of aliphatic hydroxyl groups excluding tert-OH is 1. The van der Waals surface area contributed by atoms with Gasteiger partial charge in [-0.25, -0.2) is 0 Å². The van der Waals surface area contributed by atoms with E-state index < -0.39 is 24.1 Å². The molecular formula is C32H38N2O6. The van der Waals surface area contributed by atoms with Crippen molar-refractivity contribution < 1.29 is 28.9 Å². The Bertz CT molecular complexity index is 1170. The van der Waals surface area contributed by atoms with Crippen molar-refractivity contribution in [1.82, 2.24) is 9.80 Å². The number of benzene rings is 3. The van der Waals surface area contributed by atoms with Crippen LogP contribution in [0.4, 0.5) is 0 Å². The number of carbonyl (C=O) groups excluding carboxylic acids is 2. The Kier molecular flexibility index (Phi) is 11.4. The van der Waals surface area contributed by atoms with Crippen LogP contribution in [0, 0.1) is 0 Å². The molecule has 3 aromatic rings. The van der Waals surface area contributed by atoms with Gasteiger partial charge in [-0.2, -0.15) is 0 Å². The zero-order chi connectivity index (χ0) is 28.2. The molecule has 8 heteroatoms. The molecule has 0 radical (unpaired) electrons. The number of ketones is 1. The number of likely N-dealkylation sites (N-methyl/N-ethyl adjacent to an activating group) is 1. The van der Waals surface area contributed by atoms with E-state index in [1.54, 1.807) is 4.90 Å². The minimum atomic E-state index is -1.53. The number of hydrogen-bond acceptors (Lipinski definition) is 7. The molecule has 1 aliphatic heterocycles. The zero-order valence-corrected chi connectivity index (χ0v) is 22.9. The van der Waals surface area contributed by atoms with Gasteiger partial charge in [-0.3, -0.25) is 9.59 Å². The molecule has 8 nitrogen and oxygen atoms in total. The largest absolute Gasteiger partial charge is 0.387 e. The summed E-state index contributed by atoms with van der Waals surface area (Å²) in [7, 11) is 2.00. The lowest BCUT2D eigenvalue weighted by Crippen LogP contribution is -2.56. The highest BCUT2D eigenvalue weighted by molar-refractivity contribution is 5.88. The first kappa shape index (κ1) is 29.6. The fourth-order valence-electron chi connectivity index (χ4n) is 4.51. The first-order valence-corrected chi connectivity index (χ1v) is 13.6. The predicted octanol–water partition coefficient (Wildman–Crippen LogP) is 3.08. The lowest BCUT2D eigenvalue weighted by atomic mass is 10.0. The molecule has 212 valence electrons. The maximum atomic E-state index is 13.7. The van der Waals surface area contributed by atoms with Crippen molar-refractivity contribution in [2.45, 2.75) is 38.1 Å². The number of Topliss-reactive ketones (excluding diaryl/α,β-unsaturated/α-hetero) is 1. The third kappa shape index (κ3) is 8.81. The number of hydrogen-bond donors (Lipinski definition) is 1. The van der Waals surface area contributed by atoms with Gasteiger partial charge in [-0.1, -0.05) is 91.0 Å². The van der Waals surface area contributed by atoms with Crippen molar-refractivity contribution in [3.05, 3.63) is 108 Å². The van der Waals surface area contributed by atoms with E-state index in [4.69, 9.17) is 14.2 Å². The standard InChI is InChI=1S/C32H38N2O6/c1-33-17-19-34(20-18-33)32(37)31(40-23-27-15-9-4-10-16-27)29(36)30(39-22-26-13-7-3-8-14-26)28(35)24-38-21-25-11-5-2-6-12-25/h2-16,29-31,36H,17-24H2,1H3/t29-,30+,31+/m0/s1. The smallest absolute Gasteiger partial charge is 0.254 e. The van der Waals surface area contributed by atoms with E-state index in [2.05, 4.69) is 4.90 Å². The fourth-order valence-corrected chi connectivity index (χ4v) is 4.51. The third-order valence-electron chi connectivity index (χ3n) is 6.90. The number of piperazine rings is 1. The Morgan fingerprint density at radius 3 is 1.65 bits per heavy atom. The van der Waals surface area contributed by atoms with Crippen molar-refractivity contribution in [1.29, 1.82) is 0 Å². The minimum Gasteiger partial charge on any atom is -0.387 e. The fraction of sp³-hybridized carbons (Fsp3) is 0.375. The van der Waals surface area contributed by atoms with Crippen LogP contribution in [-0.4, -0.2) is 84.7 Å². The second-order valence-corrected chi connectivity index (χ2v) is 10.00. The lowest BCUT2D eigenvalue weighted by molar-refractivity contribution is -0.171. The van der Waals surface area contributed by atoms with Gasteiger partial charge in [0, 0.05) is 26.2 Å².